The Hall–Kier alpha value is -2.91. The maximum absolute atomic E-state index is 13.9. The van der Waals surface area contributed by atoms with Crippen LogP contribution in [-0.2, 0) is 16.9 Å². The second-order valence-corrected chi connectivity index (χ2v) is 7.61. The van der Waals surface area contributed by atoms with Gasteiger partial charge in [0.15, 0.2) is 0 Å². The van der Waals surface area contributed by atoms with Crippen molar-refractivity contribution in [1.82, 2.24) is 4.90 Å². The van der Waals surface area contributed by atoms with Crippen LogP contribution in [0.4, 0.5) is 9.18 Å². The van der Waals surface area contributed by atoms with Crippen LogP contribution in [0, 0.1) is 17.1 Å². The topological polar surface area (TPSA) is 73.6 Å². The number of fused-ring (bicyclic) bond motifs is 2. The van der Waals surface area contributed by atoms with E-state index in [-0.39, 0.29) is 30.3 Å². The van der Waals surface area contributed by atoms with E-state index in [0.29, 0.717) is 18.4 Å². The highest BCUT2D eigenvalue weighted by molar-refractivity contribution is 5.69. The molecular formula is C22H21FN2O3. The number of aliphatic hydroxyl groups is 1. The SMILES string of the molecule is N#Cc1cc(F)cc(C2(O)CC3CCC(C2)N3C(=O)OCc2ccccc2)c1. The highest BCUT2D eigenvalue weighted by atomic mass is 19.1. The van der Waals surface area contributed by atoms with Gasteiger partial charge in [-0.05, 0) is 42.2 Å². The molecule has 28 heavy (non-hydrogen) atoms. The summed E-state index contributed by atoms with van der Waals surface area (Å²) < 4.78 is 19.3. The molecule has 1 N–H and O–H groups in total. The molecular weight excluding hydrogens is 359 g/mol. The van der Waals surface area contributed by atoms with Gasteiger partial charge in [0.2, 0.25) is 0 Å². The maximum atomic E-state index is 13.9. The number of ether oxygens (including phenoxy) is 1. The average Bonchev–Trinajstić information content (AvgIpc) is 2.98. The molecule has 5 nitrogen and oxygen atoms in total. The van der Waals surface area contributed by atoms with Crippen LogP contribution in [0.3, 0.4) is 0 Å². The maximum Gasteiger partial charge on any atom is 0.410 e. The standard InChI is InChI=1S/C22H21FN2O3/c23-18-9-16(13-24)8-17(10-18)22(27)11-19-6-7-20(12-22)25(19)21(26)28-14-15-4-2-1-3-5-15/h1-5,8-10,19-20,27H,6-7,11-12,14H2. The zero-order valence-electron chi connectivity index (χ0n) is 15.3. The first-order valence-electron chi connectivity index (χ1n) is 9.41. The van der Waals surface area contributed by atoms with E-state index >= 15 is 0 Å². The molecule has 6 heteroatoms. The van der Waals surface area contributed by atoms with Gasteiger partial charge in [-0.25, -0.2) is 9.18 Å². The predicted octanol–water partition coefficient (Wildman–Crippen LogP) is 3.85. The molecule has 0 aliphatic carbocycles. The molecule has 2 heterocycles. The second-order valence-electron chi connectivity index (χ2n) is 7.61. The van der Waals surface area contributed by atoms with Crippen molar-refractivity contribution in [3.05, 3.63) is 71.0 Å². The number of halogens is 1. The molecule has 2 fully saturated rings. The van der Waals surface area contributed by atoms with Crippen molar-refractivity contribution >= 4 is 6.09 Å². The van der Waals surface area contributed by atoms with Crippen molar-refractivity contribution in [1.29, 1.82) is 5.26 Å². The number of benzene rings is 2. The van der Waals surface area contributed by atoms with Crippen LogP contribution < -0.4 is 0 Å². The Morgan fingerprint density at radius 1 is 1.21 bits per heavy atom. The van der Waals surface area contributed by atoms with E-state index in [1.165, 1.54) is 12.1 Å². The molecule has 2 aliphatic rings. The summed E-state index contributed by atoms with van der Waals surface area (Å²) in [7, 11) is 0. The number of piperidine rings is 1. The summed E-state index contributed by atoms with van der Waals surface area (Å²) in [4.78, 5) is 14.4. The smallest absolute Gasteiger partial charge is 0.410 e. The summed E-state index contributed by atoms with van der Waals surface area (Å²) in [5.41, 5.74) is 0.245. The molecule has 2 bridgehead atoms. The highest BCUT2D eigenvalue weighted by Crippen LogP contribution is 2.46. The molecule has 4 rings (SSSR count). The average molecular weight is 380 g/mol. The van der Waals surface area contributed by atoms with Crippen LogP contribution in [0.2, 0.25) is 0 Å². The molecule has 2 saturated heterocycles. The van der Waals surface area contributed by atoms with E-state index in [0.717, 1.165) is 24.5 Å². The number of hydrogen-bond donors (Lipinski definition) is 1. The first-order valence-corrected chi connectivity index (χ1v) is 9.41. The lowest BCUT2D eigenvalue weighted by Gasteiger charge is -2.43. The lowest BCUT2D eigenvalue weighted by atomic mass is 9.80. The van der Waals surface area contributed by atoms with Gasteiger partial charge in [-0.3, -0.25) is 0 Å². The summed E-state index contributed by atoms with van der Waals surface area (Å²) in [6, 6.07) is 15.0. The lowest BCUT2D eigenvalue weighted by Crippen LogP contribution is -2.52. The normalized spacial score (nSPS) is 26.0. The lowest BCUT2D eigenvalue weighted by molar-refractivity contribution is -0.0538. The first-order chi connectivity index (χ1) is 13.5. The van der Waals surface area contributed by atoms with Gasteiger partial charge in [0.1, 0.15) is 12.4 Å². The minimum atomic E-state index is -1.25. The van der Waals surface area contributed by atoms with E-state index in [4.69, 9.17) is 10.00 Å². The monoisotopic (exact) mass is 380 g/mol. The molecule has 2 aliphatic heterocycles. The molecule has 1 amide bonds. The summed E-state index contributed by atoms with van der Waals surface area (Å²) >= 11 is 0. The van der Waals surface area contributed by atoms with E-state index in [9.17, 15) is 14.3 Å². The molecule has 0 saturated carbocycles. The molecule has 2 aromatic carbocycles. The molecule has 0 radical (unpaired) electrons. The Bertz CT molecular complexity index is 911. The zero-order valence-corrected chi connectivity index (χ0v) is 15.3. The third-order valence-electron chi connectivity index (χ3n) is 5.75. The van der Waals surface area contributed by atoms with Crippen molar-refractivity contribution in [2.24, 2.45) is 0 Å². The minimum absolute atomic E-state index is 0.166. The van der Waals surface area contributed by atoms with Crippen LogP contribution in [0.1, 0.15) is 42.4 Å². The Kier molecular flexibility index (Phi) is 4.78. The molecule has 144 valence electrons. The van der Waals surface area contributed by atoms with Gasteiger partial charge in [0.05, 0.1) is 17.2 Å². The Morgan fingerprint density at radius 2 is 1.89 bits per heavy atom. The van der Waals surface area contributed by atoms with Gasteiger partial charge in [0, 0.05) is 24.9 Å². The van der Waals surface area contributed by atoms with Gasteiger partial charge in [-0.2, -0.15) is 5.26 Å². The zero-order chi connectivity index (χ0) is 19.7. The van der Waals surface area contributed by atoms with E-state index < -0.39 is 11.4 Å². The van der Waals surface area contributed by atoms with Crippen LogP contribution in [0.5, 0.6) is 0 Å². The van der Waals surface area contributed by atoms with Crippen LogP contribution in [0.25, 0.3) is 0 Å². The fourth-order valence-corrected chi connectivity index (χ4v) is 4.48. The highest BCUT2D eigenvalue weighted by Gasteiger charge is 2.50. The third kappa shape index (κ3) is 3.46. The van der Waals surface area contributed by atoms with Gasteiger partial charge >= 0.3 is 6.09 Å². The molecule has 2 aromatic rings. The minimum Gasteiger partial charge on any atom is -0.445 e. The van der Waals surface area contributed by atoms with Crippen LogP contribution in [-0.4, -0.2) is 28.2 Å². The Morgan fingerprint density at radius 3 is 2.54 bits per heavy atom. The first kappa shape index (κ1) is 18.5. The van der Waals surface area contributed by atoms with Gasteiger partial charge in [0.25, 0.3) is 0 Å². The van der Waals surface area contributed by atoms with Crippen molar-refractivity contribution in [3.8, 4) is 6.07 Å². The molecule has 2 atom stereocenters. The van der Waals surface area contributed by atoms with Crippen molar-refractivity contribution in [3.63, 3.8) is 0 Å². The Balaban J connectivity index is 1.49. The summed E-state index contributed by atoms with van der Waals surface area (Å²) in [5, 5.41) is 20.3. The summed E-state index contributed by atoms with van der Waals surface area (Å²) in [6.07, 6.45) is 1.77. The van der Waals surface area contributed by atoms with Crippen molar-refractivity contribution < 1.29 is 19.0 Å². The Labute approximate surface area is 163 Å². The fraction of sp³-hybridized carbons (Fsp3) is 0.364. The fourth-order valence-electron chi connectivity index (χ4n) is 4.48. The van der Waals surface area contributed by atoms with Gasteiger partial charge < -0.3 is 14.7 Å². The number of nitrogens with zero attached hydrogens (tertiary/aromatic N) is 2. The number of carbonyl (C=O) groups excluding carboxylic acids is 1. The number of rotatable bonds is 3. The second kappa shape index (κ2) is 7.25. The summed E-state index contributed by atoms with van der Waals surface area (Å²) in [5.74, 6) is -0.542. The predicted molar refractivity (Wildman–Crippen MR) is 99.5 cm³/mol. The van der Waals surface area contributed by atoms with E-state index in [2.05, 4.69) is 0 Å². The molecule has 0 aromatic heterocycles. The molecule has 2 unspecified atom stereocenters. The number of nitriles is 1. The largest absolute Gasteiger partial charge is 0.445 e. The van der Waals surface area contributed by atoms with Crippen molar-refractivity contribution in [2.75, 3.05) is 0 Å². The third-order valence-corrected chi connectivity index (χ3v) is 5.75. The van der Waals surface area contributed by atoms with Gasteiger partial charge in [-0.15, -0.1) is 0 Å². The number of carbonyl (C=O) groups is 1. The van der Waals surface area contributed by atoms with E-state index in [1.54, 1.807) is 4.90 Å². The van der Waals surface area contributed by atoms with Crippen LogP contribution in [0.15, 0.2) is 48.5 Å². The summed E-state index contributed by atoms with van der Waals surface area (Å²) in [6.45, 7) is 0.204. The quantitative estimate of drug-likeness (QED) is 0.878. The number of hydrogen-bond acceptors (Lipinski definition) is 4. The number of amides is 1. The van der Waals surface area contributed by atoms with Crippen LogP contribution >= 0.6 is 0 Å². The van der Waals surface area contributed by atoms with Gasteiger partial charge in [-0.1, -0.05) is 30.3 Å². The molecule has 0 spiro atoms. The van der Waals surface area contributed by atoms with E-state index in [1.807, 2.05) is 36.4 Å². The van der Waals surface area contributed by atoms with Crippen molar-refractivity contribution in [2.45, 2.75) is 50.0 Å².